The van der Waals surface area contributed by atoms with Crippen molar-refractivity contribution in [2.45, 2.75) is 51.2 Å². The molecule has 3 rings (SSSR count). The van der Waals surface area contributed by atoms with Crippen molar-refractivity contribution in [1.82, 2.24) is 5.32 Å². The highest BCUT2D eigenvalue weighted by atomic mass is 16.6. The molecule has 1 aromatic carbocycles. The van der Waals surface area contributed by atoms with E-state index in [0.717, 1.165) is 38.2 Å². The van der Waals surface area contributed by atoms with Crippen molar-refractivity contribution < 1.29 is 28.7 Å². The lowest BCUT2D eigenvalue weighted by Gasteiger charge is -2.24. The van der Waals surface area contributed by atoms with Crippen molar-refractivity contribution in [2.75, 3.05) is 13.2 Å². The van der Waals surface area contributed by atoms with Gasteiger partial charge in [0.05, 0.1) is 11.0 Å². The first kappa shape index (κ1) is 18.9. The summed E-state index contributed by atoms with van der Waals surface area (Å²) in [6.45, 7) is 1.99. The van der Waals surface area contributed by atoms with E-state index in [0.29, 0.717) is 0 Å². The fourth-order valence-corrected chi connectivity index (χ4v) is 3.24. The Morgan fingerprint density at radius 3 is 2.44 bits per heavy atom. The first-order valence-corrected chi connectivity index (χ1v) is 9.05. The van der Waals surface area contributed by atoms with Crippen molar-refractivity contribution in [1.29, 1.82) is 0 Å². The predicted octanol–water partition coefficient (Wildman–Crippen LogP) is 2.36. The molecule has 0 aromatic heterocycles. The van der Waals surface area contributed by atoms with E-state index in [1.54, 1.807) is 0 Å². The van der Waals surface area contributed by atoms with E-state index in [4.69, 9.17) is 14.2 Å². The molecule has 1 atom stereocenters. The van der Waals surface area contributed by atoms with Crippen LogP contribution in [0.1, 0.15) is 49.4 Å². The predicted molar refractivity (Wildman–Crippen MR) is 94.0 cm³/mol. The van der Waals surface area contributed by atoms with Gasteiger partial charge in [0.25, 0.3) is 11.6 Å². The van der Waals surface area contributed by atoms with Crippen molar-refractivity contribution in [3.05, 3.63) is 27.8 Å². The molecule has 9 nitrogen and oxygen atoms in total. The second-order valence-electron chi connectivity index (χ2n) is 6.66. The quantitative estimate of drug-likeness (QED) is 0.475. The minimum atomic E-state index is -1.06. The van der Waals surface area contributed by atoms with Gasteiger partial charge in [0, 0.05) is 12.1 Å². The summed E-state index contributed by atoms with van der Waals surface area (Å²) in [7, 11) is 0. The summed E-state index contributed by atoms with van der Waals surface area (Å²) in [6, 6.07) is 2.44. The number of amides is 1. The van der Waals surface area contributed by atoms with Crippen molar-refractivity contribution >= 4 is 17.6 Å². The number of esters is 1. The Hall–Kier alpha value is -2.84. The first-order valence-electron chi connectivity index (χ1n) is 9.05. The van der Waals surface area contributed by atoms with Crippen LogP contribution in [0, 0.1) is 10.1 Å². The molecule has 1 amide bonds. The molecule has 2 aliphatic rings. The number of hydrogen-bond donors (Lipinski definition) is 1. The highest BCUT2D eigenvalue weighted by Gasteiger charge is 2.30. The van der Waals surface area contributed by atoms with Gasteiger partial charge in [-0.05, 0) is 19.8 Å². The van der Waals surface area contributed by atoms with Crippen LogP contribution in [0.4, 0.5) is 5.69 Å². The summed E-state index contributed by atoms with van der Waals surface area (Å²) in [5.41, 5.74) is -0.731. The molecule has 0 saturated heterocycles. The van der Waals surface area contributed by atoms with E-state index in [2.05, 4.69) is 5.32 Å². The average Bonchev–Trinajstić information content (AvgIpc) is 2.67. The number of nitrogens with zero attached hydrogens (tertiary/aromatic N) is 1. The van der Waals surface area contributed by atoms with Crippen LogP contribution in [-0.2, 0) is 9.53 Å². The summed E-state index contributed by atoms with van der Waals surface area (Å²) < 4.78 is 15.8. The second kappa shape index (κ2) is 8.24. The molecule has 0 bridgehead atoms. The molecule has 0 spiro atoms. The zero-order valence-corrected chi connectivity index (χ0v) is 15.1. The minimum Gasteiger partial charge on any atom is -0.486 e. The van der Waals surface area contributed by atoms with Gasteiger partial charge in [-0.15, -0.1) is 0 Å². The number of nitro groups is 1. The lowest BCUT2D eigenvalue weighted by Crippen LogP contribution is -2.42. The van der Waals surface area contributed by atoms with Crippen molar-refractivity contribution in [2.24, 2.45) is 0 Å². The molecule has 1 aromatic rings. The largest absolute Gasteiger partial charge is 0.486 e. The molecule has 27 heavy (non-hydrogen) atoms. The Morgan fingerprint density at radius 1 is 1.19 bits per heavy atom. The SMILES string of the molecule is C[C@@H](OC(=O)c1cc2c(cc1[N+](=O)[O-])OCCO2)C(=O)NC1CCCCC1. The third kappa shape index (κ3) is 4.47. The first-order chi connectivity index (χ1) is 13.0. The van der Waals surface area contributed by atoms with Crippen LogP contribution in [0.2, 0.25) is 0 Å². The third-order valence-corrected chi connectivity index (χ3v) is 4.68. The number of carbonyl (C=O) groups is 2. The van der Waals surface area contributed by atoms with E-state index >= 15 is 0 Å². The van der Waals surface area contributed by atoms with E-state index in [1.807, 2.05) is 0 Å². The Labute approximate surface area is 156 Å². The monoisotopic (exact) mass is 378 g/mol. The molecule has 0 unspecified atom stereocenters. The number of hydrogen-bond acceptors (Lipinski definition) is 7. The number of rotatable bonds is 5. The molecule has 1 fully saturated rings. The molecule has 9 heteroatoms. The topological polar surface area (TPSA) is 117 Å². The molecule has 1 saturated carbocycles. The molecule has 0 radical (unpaired) electrons. The Kier molecular flexibility index (Phi) is 5.78. The maximum atomic E-state index is 12.5. The standard InChI is InChI=1S/C18H22N2O7/c1-11(17(21)19-12-5-3-2-4-6-12)27-18(22)13-9-15-16(26-8-7-25-15)10-14(13)20(23)24/h9-12H,2-8H2,1H3,(H,19,21)/t11-/m1/s1. The van der Waals surface area contributed by atoms with E-state index < -0.39 is 28.6 Å². The molecule has 146 valence electrons. The summed E-state index contributed by atoms with van der Waals surface area (Å²) >= 11 is 0. The van der Waals surface area contributed by atoms with Gasteiger partial charge in [0.15, 0.2) is 17.6 Å². The van der Waals surface area contributed by atoms with Gasteiger partial charge in [-0.1, -0.05) is 19.3 Å². The minimum absolute atomic E-state index is 0.0797. The molecule has 1 heterocycles. The summed E-state index contributed by atoms with van der Waals surface area (Å²) in [5, 5.41) is 14.2. The highest BCUT2D eigenvalue weighted by Crippen LogP contribution is 2.37. The van der Waals surface area contributed by atoms with Crippen LogP contribution in [0.3, 0.4) is 0 Å². The van der Waals surface area contributed by atoms with Gasteiger partial charge in [-0.25, -0.2) is 4.79 Å². The number of ether oxygens (including phenoxy) is 3. The normalized spacial score (nSPS) is 17.7. The van der Waals surface area contributed by atoms with Crippen LogP contribution in [-0.4, -0.2) is 42.2 Å². The Balaban J connectivity index is 1.70. The van der Waals surface area contributed by atoms with Crippen LogP contribution in [0.15, 0.2) is 12.1 Å². The highest BCUT2D eigenvalue weighted by molar-refractivity contribution is 5.96. The van der Waals surface area contributed by atoms with Crippen LogP contribution < -0.4 is 14.8 Å². The molecular weight excluding hydrogens is 356 g/mol. The zero-order chi connectivity index (χ0) is 19.4. The lowest BCUT2D eigenvalue weighted by atomic mass is 9.95. The number of benzene rings is 1. The third-order valence-electron chi connectivity index (χ3n) is 4.68. The van der Waals surface area contributed by atoms with Crippen molar-refractivity contribution in [3.63, 3.8) is 0 Å². The Morgan fingerprint density at radius 2 is 1.81 bits per heavy atom. The molecule has 1 N–H and O–H groups in total. The smallest absolute Gasteiger partial charge is 0.346 e. The van der Waals surface area contributed by atoms with E-state index in [1.165, 1.54) is 13.0 Å². The fraction of sp³-hybridized carbons (Fsp3) is 0.556. The van der Waals surface area contributed by atoms with Crippen LogP contribution >= 0.6 is 0 Å². The molecule has 1 aliphatic carbocycles. The molecular formula is C18H22N2O7. The van der Waals surface area contributed by atoms with Gasteiger partial charge in [0.1, 0.15) is 18.8 Å². The zero-order valence-electron chi connectivity index (χ0n) is 15.1. The number of nitrogens with one attached hydrogen (secondary N) is 1. The summed E-state index contributed by atoms with van der Waals surface area (Å²) in [6.07, 6.45) is 4.02. The van der Waals surface area contributed by atoms with Crippen LogP contribution in [0.25, 0.3) is 0 Å². The average molecular weight is 378 g/mol. The van der Waals surface area contributed by atoms with Gasteiger partial charge in [0.2, 0.25) is 0 Å². The van der Waals surface area contributed by atoms with E-state index in [9.17, 15) is 19.7 Å². The second-order valence-corrected chi connectivity index (χ2v) is 6.66. The van der Waals surface area contributed by atoms with Crippen molar-refractivity contribution in [3.8, 4) is 11.5 Å². The lowest BCUT2D eigenvalue weighted by molar-refractivity contribution is -0.385. The molecule has 1 aliphatic heterocycles. The summed E-state index contributed by atoms with van der Waals surface area (Å²) in [5.74, 6) is -0.925. The number of nitro benzene ring substituents is 1. The maximum Gasteiger partial charge on any atom is 0.346 e. The Bertz CT molecular complexity index is 743. The van der Waals surface area contributed by atoms with Gasteiger partial charge < -0.3 is 19.5 Å². The summed E-state index contributed by atoms with van der Waals surface area (Å²) in [4.78, 5) is 35.3. The van der Waals surface area contributed by atoms with Gasteiger partial charge in [-0.3, -0.25) is 14.9 Å². The van der Waals surface area contributed by atoms with Gasteiger partial charge in [-0.2, -0.15) is 0 Å². The number of fused-ring (bicyclic) bond motifs is 1. The fourth-order valence-electron chi connectivity index (χ4n) is 3.24. The maximum absolute atomic E-state index is 12.5. The van der Waals surface area contributed by atoms with E-state index in [-0.39, 0.29) is 36.3 Å². The number of carbonyl (C=O) groups excluding carboxylic acids is 2. The van der Waals surface area contributed by atoms with Gasteiger partial charge >= 0.3 is 5.97 Å². The van der Waals surface area contributed by atoms with Crippen LogP contribution in [0.5, 0.6) is 11.5 Å².